The van der Waals surface area contributed by atoms with Crippen LogP contribution in [-0.2, 0) is 56.8 Å². The van der Waals surface area contributed by atoms with Crippen LogP contribution in [0.4, 0.5) is 0 Å². The first-order chi connectivity index (χ1) is 65.5. The zero-order chi connectivity index (χ0) is 98.7. The molecule has 137 heavy (non-hydrogen) atoms. The van der Waals surface area contributed by atoms with Crippen molar-refractivity contribution in [1.29, 1.82) is 0 Å². The van der Waals surface area contributed by atoms with E-state index in [9.17, 15) is 58.8 Å². The molecule has 16 saturated heterocycles. The standard InChI is InChI=1S/4C17H18O6.5C8H11N/c4*1-7-11-8(2)13-15(14(21-11)12(7)22-13)23-17(20)10-6-4-3-5-9(10)16(18)19;5*1-7(9)8-5-3-2-4-6-8/h4*3-8,11-15H,1-2H3,(H,18,19);5*2-7H,9H2,1H3/t4*7-,8+,11+,12+,13-,14?,15-;5*7-/m100011000/s1. The van der Waals surface area contributed by atoms with Crippen LogP contribution in [0, 0.1) is 47.3 Å². The molecular formula is C108H127N5O24. The van der Waals surface area contributed by atoms with Crippen molar-refractivity contribution in [3.05, 3.63) is 321 Å². The second-order valence-corrected chi connectivity index (χ2v) is 37.7. The number of carbonyl (C=O) groups excluding carboxylic acids is 8. The Morgan fingerprint density at radius 1 is 0.226 bits per heavy atom. The zero-order valence-corrected chi connectivity index (χ0v) is 79.4. The predicted molar refractivity (Wildman–Crippen MR) is 493 cm³/mol. The molecule has 0 aromatic heterocycles. The lowest BCUT2D eigenvalue weighted by atomic mass is 9.87. The van der Waals surface area contributed by atoms with E-state index in [4.69, 9.17) is 62.6 Å². The molecule has 14 N–H and O–H groups in total. The topological polar surface area (TPSA) is 476 Å². The van der Waals surface area contributed by atoms with Gasteiger partial charge in [-0.1, -0.05) is 280 Å². The number of carboxylic acid groups (broad SMARTS) is 4. The summed E-state index contributed by atoms with van der Waals surface area (Å²) < 4.78 is 70.1. The Morgan fingerprint density at radius 3 is 0.518 bits per heavy atom. The van der Waals surface area contributed by atoms with E-state index in [0.717, 1.165) is 0 Å². The lowest BCUT2D eigenvalue weighted by molar-refractivity contribution is -0.420. The highest BCUT2D eigenvalue weighted by Gasteiger charge is 2.69. The molecule has 0 amide bonds. The molecule has 16 bridgehead atoms. The van der Waals surface area contributed by atoms with Crippen LogP contribution in [0.1, 0.15) is 231 Å². The lowest BCUT2D eigenvalue weighted by Crippen LogP contribution is -2.51. The molecule has 0 spiro atoms. The molecule has 9 aromatic rings. The fraction of sp³-hybridized carbons (Fsp3) is 0.426. The molecule has 16 fully saturated rings. The first-order valence-electron chi connectivity index (χ1n) is 47.1. The highest BCUT2D eigenvalue weighted by Crippen LogP contribution is 2.55. The van der Waals surface area contributed by atoms with E-state index in [0.29, 0.717) is 24.2 Å². The van der Waals surface area contributed by atoms with Gasteiger partial charge in [-0.15, -0.1) is 0 Å². The first kappa shape index (κ1) is 103. The van der Waals surface area contributed by atoms with Gasteiger partial charge in [0, 0.05) is 97.9 Å². The number of carbonyl (C=O) groups is 8. The van der Waals surface area contributed by atoms with E-state index in [1.165, 1.54) is 101 Å². The number of rotatable bonds is 17. The maximum Gasteiger partial charge on any atom is 0.339 e. The van der Waals surface area contributed by atoms with E-state index in [2.05, 4.69) is 127 Å². The summed E-state index contributed by atoms with van der Waals surface area (Å²) in [5.41, 5.74) is 26.9. The number of hydrogen-bond donors (Lipinski definition) is 5. The minimum atomic E-state index is -1.40. The molecule has 0 saturated carbocycles. The normalized spacial score (nSPS) is 31.4. The van der Waals surface area contributed by atoms with Crippen LogP contribution < -0.4 is 49.1 Å². The minimum Gasteiger partial charge on any atom is -0.545 e. The van der Waals surface area contributed by atoms with Gasteiger partial charge in [0.25, 0.3) is 0 Å². The summed E-state index contributed by atoms with van der Waals surface area (Å²) >= 11 is 0. The quantitative estimate of drug-likeness (QED) is 0.0442. The molecule has 16 aliphatic rings. The van der Waals surface area contributed by atoms with Gasteiger partial charge in [0.1, 0.15) is 73.0 Å². The summed E-state index contributed by atoms with van der Waals surface area (Å²) in [4.78, 5) is 94.3. The maximum absolute atomic E-state index is 12.4. The molecule has 29 nitrogen and oxygen atoms in total. The van der Waals surface area contributed by atoms with Gasteiger partial charge in [0.2, 0.25) is 0 Å². The second kappa shape index (κ2) is 45.7. The molecule has 0 radical (unpaired) electrons. The summed E-state index contributed by atoms with van der Waals surface area (Å²) in [6, 6.07) is 76.5. The molecule has 29 heteroatoms. The number of aromatic carboxylic acids is 4. The molecule has 25 rings (SSSR count). The van der Waals surface area contributed by atoms with Crippen LogP contribution in [0.25, 0.3) is 0 Å². The molecule has 9 aromatic carbocycles. The summed E-state index contributed by atoms with van der Waals surface area (Å²) in [6.07, 6.45) is -3.57. The number of benzene rings is 9. The molecule has 0 aliphatic carbocycles. The van der Waals surface area contributed by atoms with Crippen LogP contribution in [0.5, 0.6) is 0 Å². The van der Waals surface area contributed by atoms with Gasteiger partial charge in [-0.3, -0.25) is 0 Å². The molecule has 4 unspecified atom stereocenters. The Kier molecular flexibility index (Phi) is 34.2. The lowest BCUT2D eigenvalue weighted by Gasteiger charge is -2.38. The molecule has 33 atom stereocenters. The summed E-state index contributed by atoms with van der Waals surface area (Å²) in [6.45, 7) is 26.8. The number of nitrogens with two attached hydrogens (primary N) is 1. The number of ether oxygens (including phenoxy) is 12. The van der Waals surface area contributed by atoms with Gasteiger partial charge in [0.05, 0.1) is 95.0 Å². The monoisotopic (exact) mass is 1880 g/mol. The van der Waals surface area contributed by atoms with E-state index < -0.39 is 72.2 Å². The first-order valence-corrected chi connectivity index (χ1v) is 47.1. The van der Waals surface area contributed by atoms with E-state index in [1.54, 1.807) is 24.3 Å². The van der Waals surface area contributed by atoms with Crippen molar-refractivity contribution in [2.75, 3.05) is 0 Å². The Bertz CT molecular complexity index is 4850. The minimum absolute atomic E-state index is 0.00878. The molecular weight excluding hydrogens is 1750 g/mol. The largest absolute Gasteiger partial charge is 0.545 e. The highest BCUT2D eigenvalue weighted by molar-refractivity contribution is 6.04. The van der Waals surface area contributed by atoms with Gasteiger partial charge in [-0.05, 0) is 64.4 Å². The Morgan fingerprint density at radius 2 is 0.372 bits per heavy atom. The fourth-order valence-electron chi connectivity index (χ4n) is 20.5. The number of quaternary nitrogens is 4. The van der Waals surface area contributed by atoms with E-state index in [1.807, 2.05) is 138 Å². The van der Waals surface area contributed by atoms with Crippen LogP contribution in [0.15, 0.2) is 249 Å². The number of carboxylic acids is 4. The van der Waals surface area contributed by atoms with Gasteiger partial charge in [-0.25, -0.2) is 19.2 Å². The van der Waals surface area contributed by atoms with E-state index >= 15 is 0 Å². The molecule has 16 heterocycles. The SMILES string of the molecule is C[C@@H]([NH3+])c1ccccc1.C[C@@H]([NH3+])c1ccccc1.C[C@@H]1[C@@H]2OC3[C@@H](OC(=O)c4ccccc4C(=O)[O-])[C@H]1O[C@@H]3[C@H]2C.C[C@@H]1[C@@H]2OC3[C@@H](OC(=O)c4ccccc4C(=O)[O-])[C@H]1O[C@@H]3[C@H]2C.C[C@@H]1[C@@H]2OC3[C@@H](OC(=O)c4ccccc4C(=O)[O-])[C@H]1O[C@@H]3[C@H]2C.C[C@@H]1[C@@H]2OC3[C@H]1O[C@H]([C@H]2C)[C@H]3OC(=O)c1ccccc1C(=O)[O-].C[C@H](N)c1ccccc1.C[C@H]([NH3+])c1ccccc1.C[C@H]([NH3+])c1ccccc1. The van der Waals surface area contributed by atoms with Crippen molar-refractivity contribution >= 4 is 47.8 Å². The average Bonchev–Trinajstić information content (AvgIpc) is 1.58. The maximum atomic E-state index is 12.4. The van der Waals surface area contributed by atoms with Gasteiger partial charge in [0.15, 0.2) is 24.4 Å². The smallest absolute Gasteiger partial charge is 0.339 e. The van der Waals surface area contributed by atoms with Crippen LogP contribution >= 0.6 is 0 Å². The number of hydrogen-bond acceptors (Lipinski definition) is 25. The fourth-order valence-corrected chi connectivity index (χ4v) is 20.5. The third-order valence-electron chi connectivity index (χ3n) is 27.9. The third kappa shape index (κ3) is 23.0. The number of esters is 4. The van der Waals surface area contributed by atoms with Crippen LogP contribution in [0.2, 0.25) is 0 Å². The van der Waals surface area contributed by atoms with Crippen molar-refractivity contribution in [1.82, 2.24) is 0 Å². The Balaban J connectivity index is 0.000000135. The summed E-state index contributed by atoms with van der Waals surface area (Å²) in [5, 5.41) is 44.6. The molecule has 16 aliphatic heterocycles. The molecule has 728 valence electrons. The van der Waals surface area contributed by atoms with Crippen molar-refractivity contribution in [2.24, 2.45) is 53.1 Å². The second-order valence-electron chi connectivity index (χ2n) is 37.7. The Hall–Kier alpha value is -11.8. The predicted octanol–water partition coefficient (Wildman–Crippen LogP) is 7.25. The highest BCUT2D eigenvalue weighted by atomic mass is 16.7. The zero-order valence-electron chi connectivity index (χ0n) is 79.4. The third-order valence-corrected chi connectivity index (χ3v) is 27.9. The van der Waals surface area contributed by atoms with Crippen molar-refractivity contribution in [3.63, 3.8) is 0 Å². The van der Waals surface area contributed by atoms with Crippen molar-refractivity contribution in [3.8, 4) is 0 Å². The van der Waals surface area contributed by atoms with Gasteiger partial charge >= 0.3 is 23.9 Å². The van der Waals surface area contributed by atoms with Crippen molar-refractivity contribution in [2.45, 2.75) is 242 Å². The van der Waals surface area contributed by atoms with Gasteiger partial charge < -0.3 is 125 Å². The van der Waals surface area contributed by atoms with E-state index in [-0.39, 0.29) is 196 Å². The van der Waals surface area contributed by atoms with Crippen LogP contribution in [-0.4, -0.2) is 170 Å². The summed E-state index contributed by atoms with van der Waals surface area (Å²) in [5.74, 6) is -6.73. The summed E-state index contributed by atoms with van der Waals surface area (Å²) in [7, 11) is 0. The van der Waals surface area contributed by atoms with Gasteiger partial charge in [-0.2, -0.15) is 0 Å². The Labute approximate surface area is 798 Å². The van der Waals surface area contributed by atoms with Crippen molar-refractivity contribution < 1.29 is 139 Å². The average molecular weight is 1880 g/mol. The van der Waals surface area contributed by atoms with Crippen LogP contribution in [0.3, 0.4) is 0 Å².